The normalized spacial score (nSPS) is 21.6. The standard InChI is InChI=1S/C23H28N4O3/c1-15-13-25(23(29)30-20-5-3-4-6-20)22-11-17(7-10-21(22)27(15)16(2)28)18-12-24-26(14-18)19-8-9-19/h7,10-12,14-15,19-20H,3-6,8-9,13H2,1-2H3. The smallest absolute Gasteiger partial charge is 0.414 e. The molecule has 0 bridgehead atoms. The van der Waals surface area contributed by atoms with E-state index < -0.39 is 0 Å². The summed E-state index contributed by atoms with van der Waals surface area (Å²) >= 11 is 0. The highest BCUT2D eigenvalue weighted by Gasteiger charge is 2.36. The van der Waals surface area contributed by atoms with Crippen LogP contribution in [0.1, 0.15) is 58.4 Å². The average molecular weight is 409 g/mol. The van der Waals surface area contributed by atoms with Crippen LogP contribution in [-0.4, -0.2) is 40.5 Å². The molecule has 5 rings (SSSR count). The van der Waals surface area contributed by atoms with Crippen molar-refractivity contribution in [3.05, 3.63) is 30.6 Å². The third-order valence-corrected chi connectivity index (χ3v) is 6.40. The van der Waals surface area contributed by atoms with Gasteiger partial charge in [0.15, 0.2) is 0 Å². The van der Waals surface area contributed by atoms with Crippen molar-refractivity contribution in [1.29, 1.82) is 0 Å². The number of hydrogen-bond acceptors (Lipinski definition) is 4. The molecule has 1 aliphatic heterocycles. The third-order valence-electron chi connectivity index (χ3n) is 6.40. The van der Waals surface area contributed by atoms with Crippen LogP contribution in [0.3, 0.4) is 0 Å². The Morgan fingerprint density at radius 1 is 1.07 bits per heavy atom. The lowest BCUT2D eigenvalue weighted by Crippen LogP contribution is -2.51. The largest absolute Gasteiger partial charge is 0.446 e. The van der Waals surface area contributed by atoms with E-state index in [1.165, 1.54) is 12.8 Å². The van der Waals surface area contributed by atoms with Crippen LogP contribution in [0, 0.1) is 0 Å². The number of nitrogens with zero attached hydrogens (tertiary/aromatic N) is 4. The van der Waals surface area contributed by atoms with Gasteiger partial charge in [0, 0.05) is 25.2 Å². The molecule has 2 fully saturated rings. The fraction of sp³-hybridized carbons (Fsp3) is 0.522. The van der Waals surface area contributed by atoms with Gasteiger partial charge in [0.1, 0.15) is 6.10 Å². The Balaban J connectivity index is 1.50. The van der Waals surface area contributed by atoms with Crippen molar-refractivity contribution < 1.29 is 14.3 Å². The maximum atomic E-state index is 13.1. The van der Waals surface area contributed by atoms with E-state index in [0.29, 0.717) is 12.6 Å². The maximum absolute atomic E-state index is 13.1. The monoisotopic (exact) mass is 408 g/mol. The van der Waals surface area contributed by atoms with E-state index in [2.05, 4.69) is 11.3 Å². The number of amides is 2. The number of ether oxygens (including phenoxy) is 1. The minimum atomic E-state index is -0.316. The van der Waals surface area contributed by atoms with Crippen LogP contribution in [0.5, 0.6) is 0 Å². The summed E-state index contributed by atoms with van der Waals surface area (Å²) in [5, 5.41) is 4.49. The van der Waals surface area contributed by atoms with Crippen molar-refractivity contribution >= 4 is 23.4 Å². The second kappa shape index (κ2) is 7.45. The predicted molar refractivity (Wildman–Crippen MR) is 115 cm³/mol. The second-order valence-corrected chi connectivity index (χ2v) is 8.78. The highest BCUT2D eigenvalue weighted by molar-refractivity contribution is 6.03. The Morgan fingerprint density at radius 3 is 2.53 bits per heavy atom. The first-order valence-electron chi connectivity index (χ1n) is 11.0. The molecule has 0 radical (unpaired) electrons. The number of fused-ring (bicyclic) bond motifs is 1. The molecule has 0 spiro atoms. The van der Waals surface area contributed by atoms with Crippen molar-refractivity contribution in [1.82, 2.24) is 9.78 Å². The summed E-state index contributed by atoms with van der Waals surface area (Å²) < 4.78 is 7.83. The van der Waals surface area contributed by atoms with Gasteiger partial charge in [-0.05, 0) is 63.1 Å². The zero-order valence-electron chi connectivity index (χ0n) is 17.6. The van der Waals surface area contributed by atoms with Gasteiger partial charge in [0.05, 0.1) is 29.7 Å². The quantitative estimate of drug-likeness (QED) is 0.749. The summed E-state index contributed by atoms with van der Waals surface area (Å²) in [6.45, 7) is 3.96. The Bertz CT molecular complexity index is 975. The molecule has 2 aliphatic carbocycles. The molecule has 0 N–H and O–H groups in total. The molecule has 1 aromatic carbocycles. The number of rotatable bonds is 3. The van der Waals surface area contributed by atoms with E-state index in [1.807, 2.05) is 36.0 Å². The Morgan fingerprint density at radius 2 is 1.83 bits per heavy atom. The van der Waals surface area contributed by atoms with Gasteiger partial charge in [-0.25, -0.2) is 4.79 Å². The highest BCUT2D eigenvalue weighted by Crippen LogP contribution is 2.40. The van der Waals surface area contributed by atoms with Crippen molar-refractivity contribution in [2.75, 3.05) is 16.3 Å². The molecule has 1 atom stereocenters. The molecular weight excluding hydrogens is 380 g/mol. The summed E-state index contributed by atoms with van der Waals surface area (Å²) in [5.41, 5.74) is 3.48. The molecule has 30 heavy (non-hydrogen) atoms. The topological polar surface area (TPSA) is 67.7 Å². The Labute approximate surface area is 176 Å². The van der Waals surface area contributed by atoms with E-state index in [-0.39, 0.29) is 24.1 Å². The van der Waals surface area contributed by atoms with Crippen LogP contribution in [0.15, 0.2) is 30.6 Å². The van der Waals surface area contributed by atoms with Crippen LogP contribution < -0.4 is 9.80 Å². The SMILES string of the molecule is CC(=O)N1c2ccc(-c3cnn(C4CC4)c3)cc2N(C(=O)OC2CCCC2)CC1C. The third kappa shape index (κ3) is 3.46. The van der Waals surface area contributed by atoms with Gasteiger partial charge in [-0.1, -0.05) is 6.07 Å². The second-order valence-electron chi connectivity index (χ2n) is 8.78. The first-order chi connectivity index (χ1) is 14.5. The van der Waals surface area contributed by atoms with Crippen LogP contribution in [0.25, 0.3) is 11.1 Å². The van der Waals surface area contributed by atoms with Crippen molar-refractivity contribution in [2.24, 2.45) is 0 Å². The highest BCUT2D eigenvalue weighted by atomic mass is 16.6. The molecule has 7 nitrogen and oxygen atoms in total. The van der Waals surface area contributed by atoms with E-state index in [0.717, 1.165) is 48.2 Å². The molecule has 2 saturated carbocycles. The van der Waals surface area contributed by atoms with Gasteiger partial charge < -0.3 is 9.64 Å². The summed E-state index contributed by atoms with van der Waals surface area (Å²) in [7, 11) is 0. The fourth-order valence-corrected chi connectivity index (χ4v) is 4.70. The minimum absolute atomic E-state index is 0.00190. The average Bonchev–Trinajstić information content (AvgIpc) is 3.22. The van der Waals surface area contributed by atoms with E-state index in [4.69, 9.17) is 4.74 Å². The summed E-state index contributed by atoms with van der Waals surface area (Å²) in [4.78, 5) is 28.9. The first kappa shape index (κ1) is 19.2. The lowest BCUT2D eigenvalue weighted by atomic mass is 10.0. The number of anilines is 2. The van der Waals surface area contributed by atoms with E-state index in [1.54, 1.807) is 16.7 Å². The molecule has 2 aromatic rings. The number of carbonyl (C=O) groups is 2. The van der Waals surface area contributed by atoms with Crippen molar-refractivity contribution in [3.63, 3.8) is 0 Å². The van der Waals surface area contributed by atoms with Gasteiger partial charge in [-0.15, -0.1) is 0 Å². The van der Waals surface area contributed by atoms with Gasteiger partial charge in [-0.3, -0.25) is 14.4 Å². The maximum Gasteiger partial charge on any atom is 0.414 e. The molecule has 0 saturated heterocycles. The minimum Gasteiger partial charge on any atom is -0.446 e. The molecule has 158 valence electrons. The van der Waals surface area contributed by atoms with Crippen LogP contribution in [0.4, 0.5) is 16.2 Å². The molecular formula is C23H28N4O3. The molecule has 2 amide bonds. The molecule has 1 aromatic heterocycles. The van der Waals surface area contributed by atoms with Crippen LogP contribution in [0.2, 0.25) is 0 Å². The summed E-state index contributed by atoms with van der Waals surface area (Å²) in [6.07, 6.45) is 10.1. The Kier molecular flexibility index (Phi) is 4.76. The number of hydrogen-bond donors (Lipinski definition) is 0. The van der Waals surface area contributed by atoms with Gasteiger partial charge in [0.25, 0.3) is 0 Å². The molecule has 1 unspecified atom stereocenters. The number of aromatic nitrogens is 2. The van der Waals surface area contributed by atoms with Crippen molar-refractivity contribution in [2.45, 2.75) is 70.6 Å². The zero-order chi connectivity index (χ0) is 20.8. The van der Waals surface area contributed by atoms with Gasteiger partial charge in [-0.2, -0.15) is 5.10 Å². The van der Waals surface area contributed by atoms with Gasteiger partial charge in [0.2, 0.25) is 5.91 Å². The Hall–Kier alpha value is -2.83. The summed E-state index contributed by atoms with van der Waals surface area (Å²) in [6, 6.07) is 6.33. The molecule has 7 heteroatoms. The van der Waals surface area contributed by atoms with Crippen LogP contribution >= 0.6 is 0 Å². The lowest BCUT2D eigenvalue weighted by molar-refractivity contribution is -0.117. The van der Waals surface area contributed by atoms with E-state index in [9.17, 15) is 9.59 Å². The van der Waals surface area contributed by atoms with Crippen LogP contribution in [-0.2, 0) is 9.53 Å². The number of carbonyl (C=O) groups excluding carboxylic acids is 2. The molecule has 3 aliphatic rings. The molecule has 2 heterocycles. The van der Waals surface area contributed by atoms with E-state index >= 15 is 0 Å². The predicted octanol–water partition coefficient (Wildman–Crippen LogP) is 4.53. The van der Waals surface area contributed by atoms with Crippen molar-refractivity contribution in [3.8, 4) is 11.1 Å². The van der Waals surface area contributed by atoms with Gasteiger partial charge >= 0.3 is 6.09 Å². The summed E-state index contributed by atoms with van der Waals surface area (Å²) in [5.74, 6) is -0.0261. The fourth-order valence-electron chi connectivity index (χ4n) is 4.70. The number of benzene rings is 1. The first-order valence-corrected chi connectivity index (χ1v) is 11.0. The zero-order valence-corrected chi connectivity index (χ0v) is 17.6. The lowest BCUT2D eigenvalue weighted by Gasteiger charge is -2.40.